The summed E-state index contributed by atoms with van der Waals surface area (Å²) in [5.74, 6) is 0. The van der Waals surface area contributed by atoms with Gasteiger partial charge in [-0.05, 0) is 24.6 Å². The maximum atomic E-state index is 16.1. The lowest BCUT2D eigenvalue weighted by atomic mass is 10.1. The van der Waals surface area contributed by atoms with Gasteiger partial charge in [-0.1, -0.05) is 12.2 Å². The summed E-state index contributed by atoms with van der Waals surface area (Å²) in [5, 5.41) is 10.8. The lowest BCUT2D eigenvalue weighted by Crippen LogP contribution is -2.34. The molecule has 18 nitrogen and oxygen atoms in total. The third-order valence-corrected chi connectivity index (χ3v) is 9.99. The highest BCUT2D eigenvalue weighted by Crippen LogP contribution is 2.54. The van der Waals surface area contributed by atoms with Crippen LogP contribution < -0.4 is 11.1 Å². The van der Waals surface area contributed by atoms with E-state index in [1.807, 2.05) is 0 Å². The van der Waals surface area contributed by atoms with Crippen molar-refractivity contribution in [3.63, 3.8) is 0 Å². The van der Waals surface area contributed by atoms with Crippen molar-refractivity contribution in [2.45, 2.75) is 55.7 Å². The summed E-state index contributed by atoms with van der Waals surface area (Å²) in [4.78, 5) is 62.0. The maximum absolute atomic E-state index is 16.1. The van der Waals surface area contributed by atoms with Crippen LogP contribution in [0.1, 0.15) is 25.1 Å². The highest BCUT2D eigenvalue weighted by Gasteiger charge is 2.51. The molecule has 6 rings (SSSR count). The number of thiol groups is 1. The summed E-state index contributed by atoms with van der Waals surface area (Å²) in [7, 11) is 3.01. The number of hydrogen-bond acceptors (Lipinski definition) is 13. The Balaban J connectivity index is 1.22. The monoisotopic (exact) mass is 708 g/mol. The first kappa shape index (κ1) is 32.5. The average molecular weight is 709 g/mol. The Morgan fingerprint density at radius 1 is 1.00 bits per heavy atom. The molecule has 0 spiro atoms. The van der Waals surface area contributed by atoms with Crippen molar-refractivity contribution >= 4 is 59.9 Å². The van der Waals surface area contributed by atoms with E-state index in [-0.39, 0.29) is 35.1 Å². The summed E-state index contributed by atoms with van der Waals surface area (Å²) in [6.45, 7) is -9.39. The number of fused-ring (bicyclic) bond motifs is 2. The Kier molecular flexibility index (Phi) is 8.66. The minimum absolute atomic E-state index is 0.00716. The molecule has 45 heavy (non-hydrogen) atoms. The predicted octanol–water partition coefficient (Wildman–Crippen LogP) is 0.239. The third-order valence-electron chi connectivity index (χ3n) is 7.60. The Hall–Kier alpha value is -2.42. The van der Waals surface area contributed by atoms with Gasteiger partial charge in [0.15, 0.2) is 34.7 Å². The average Bonchev–Trinajstić information content (AvgIpc) is 3.73. The van der Waals surface area contributed by atoms with Crippen LogP contribution in [-0.2, 0) is 48.8 Å². The molecule has 4 aromatic rings. The van der Waals surface area contributed by atoms with Gasteiger partial charge in [-0.15, -0.1) is 0 Å². The fraction of sp³-hybridized carbons (Fsp3) is 0.545. The Morgan fingerprint density at radius 3 is 2.18 bits per heavy atom. The molecular weight excluding hydrogens is 681 g/mol. The zero-order valence-corrected chi connectivity index (χ0v) is 26.9. The molecule has 3 N–H and O–H groups in total. The van der Waals surface area contributed by atoms with E-state index in [1.54, 1.807) is 11.6 Å². The predicted molar refractivity (Wildman–Crippen MR) is 160 cm³/mol. The first-order valence-electron chi connectivity index (χ1n) is 13.3. The third kappa shape index (κ3) is 6.31. The molecule has 1 saturated carbocycles. The normalized spacial score (nSPS) is 29.8. The molecule has 0 radical (unpaired) electrons. The van der Waals surface area contributed by atoms with Crippen molar-refractivity contribution in [2.75, 3.05) is 6.61 Å². The topological polar surface area (TPSA) is 220 Å². The van der Waals surface area contributed by atoms with Crippen LogP contribution in [0.25, 0.3) is 22.3 Å². The molecule has 5 heterocycles. The Morgan fingerprint density at radius 2 is 1.58 bits per heavy atom. The van der Waals surface area contributed by atoms with Gasteiger partial charge in [0, 0.05) is 20.1 Å². The molecule has 23 heteroatoms. The van der Waals surface area contributed by atoms with Crippen LogP contribution in [0.15, 0.2) is 34.9 Å². The van der Waals surface area contributed by atoms with Crippen molar-refractivity contribution in [1.29, 1.82) is 0 Å². The summed E-state index contributed by atoms with van der Waals surface area (Å²) in [6.07, 6.45) is -3.61. The number of aryl methyl sites for hydroxylation is 2. The molecule has 9 atom stereocenters. The number of imidazole rings is 2. The Labute approximate surface area is 262 Å². The highest BCUT2D eigenvalue weighted by atomic mass is 32.7. The number of alkyl halides is 1. The highest BCUT2D eigenvalue weighted by molar-refractivity contribution is 8.44. The largest absolute Gasteiger partial charge is 0.390 e. The van der Waals surface area contributed by atoms with Gasteiger partial charge in [0.25, 0.3) is 11.1 Å². The molecule has 2 aliphatic rings. The van der Waals surface area contributed by atoms with Crippen LogP contribution in [0, 0.1) is 0 Å². The van der Waals surface area contributed by atoms with Gasteiger partial charge in [0.1, 0.15) is 12.2 Å². The fourth-order valence-electron chi connectivity index (χ4n) is 5.43. The second kappa shape index (κ2) is 12.0. The summed E-state index contributed by atoms with van der Waals surface area (Å²) >= 11 is 8.67. The van der Waals surface area contributed by atoms with E-state index in [1.165, 1.54) is 35.2 Å². The first-order chi connectivity index (χ1) is 21.1. The van der Waals surface area contributed by atoms with Gasteiger partial charge in [-0.25, -0.2) is 28.9 Å². The minimum Gasteiger partial charge on any atom is -0.390 e. The molecule has 0 aromatic carbocycles. The second-order valence-electron chi connectivity index (χ2n) is 10.6. The molecule has 244 valence electrons. The van der Waals surface area contributed by atoms with E-state index in [9.17, 15) is 29.0 Å². The molecule has 1 saturated heterocycles. The van der Waals surface area contributed by atoms with Gasteiger partial charge >= 0.3 is 13.5 Å². The van der Waals surface area contributed by atoms with E-state index in [0.717, 1.165) is 10.9 Å². The number of hydrogen-bond donors (Lipinski definition) is 4. The van der Waals surface area contributed by atoms with Crippen molar-refractivity contribution in [2.24, 2.45) is 14.1 Å². The fourth-order valence-corrected chi connectivity index (χ4v) is 7.78. The van der Waals surface area contributed by atoms with Crippen LogP contribution in [-0.4, -0.2) is 90.3 Å². The Bertz CT molecular complexity index is 1980. The SMILES string of the molecule is Cn1cnc2c(ncn2[C@@H]2C[C@H](OP(O)(=S)O[C@H]3[C@@H](F)[C@H](n4cnc5c(=O)n(C)cnc54)O[C@@H]3COP(=O)(O)S)[C@@H](O)C2)c1=O. The van der Waals surface area contributed by atoms with Gasteiger partial charge in [0.2, 0.25) is 0 Å². The van der Waals surface area contributed by atoms with Gasteiger partial charge in [-0.3, -0.25) is 23.2 Å². The van der Waals surface area contributed by atoms with E-state index >= 15 is 4.39 Å². The molecule has 0 bridgehead atoms. The van der Waals surface area contributed by atoms with E-state index in [2.05, 4.69) is 32.2 Å². The number of ether oxygens (including phenoxy) is 1. The van der Waals surface area contributed by atoms with Gasteiger partial charge in [-0.2, -0.15) is 0 Å². The number of halogens is 1. The molecular formula is C22H27FN8O10P2S2. The van der Waals surface area contributed by atoms with E-state index in [4.69, 9.17) is 30.1 Å². The van der Waals surface area contributed by atoms with E-state index in [0.29, 0.717) is 5.65 Å². The summed E-state index contributed by atoms with van der Waals surface area (Å²) < 4.78 is 54.8. The number of nitrogens with zero attached hydrogens (tertiary/aromatic N) is 8. The molecule has 2 unspecified atom stereocenters. The minimum atomic E-state index is -4.35. The van der Waals surface area contributed by atoms with Crippen LogP contribution >= 0.6 is 25.8 Å². The summed E-state index contributed by atoms with van der Waals surface area (Å²) in [6, 6.07) is -0.442. The van der Waals surface area contributed by atoms with Crippen molar-refractivity contribution in [1.82, 2.24) is 38.2 Å². The number of aliphatic hydroxyl groups excluding tert-OH is 1. The zero-order chi connectivity index (χ0) is 32.4. The van der Waals surface area contributed by atoms with Crippen molar-refractivity contribution in [3.05, 3.63) is 46.0 Å². The maximum Gasteiger partial charge on any atom is 0.383 e. The lowest BCUT2D eigenvalue weighted by Gasteiger charge is -2.27. The van der Waals surface area contributed by atoms with Crippen molar-refractivity contribution < 1.29 is 42.2 Å². The van der Waals surface area contributed by atoms with Crippen LogP contribution in [0.3, 0.4) is 0 Å². The standard InChI is InChI=1S/C22H27FN8O10P2S2/c1-28-6-26-18-15(20(28)33)24-8-30(18)10-3-11(32)12(4-10)40-43(37,45)41-17-13(5-38-42(35,36)44)39-22(14(17)23)31-9-25-16-19(31)27-7-29(2)21(16)34/h6-14,17,22,32H,3-5H2,1-2H3,(H,37,45)(H2,35,36,44)/t10-,11-,12-,13+,14+,17+,22+,43?/m0/s1. The smallest absolute Gasteiger partial charge is 0.383 e. The molecule has 2 fully saturated rings. The van der Waals surface area contributed by atoms with Crippen molar-refractivity contribution in [3.8, 4) is 0 Å². The number of rotatable bonds is 9. The van der Waals surface area contributed by atoms with Gasteiger partial charge < -0.3 is 37.9 Å². The molecule has 1 aliphatic carbocycles. The zero-order valence-electron chi connectivity index (χ0n) is 23.4. The van der Waals surface area contributed by atoms with Gasteiger partial charge in [0.05, 0.1) is 44.1 Å². The molecule has 0 amide bonds. The quantitative estimate of drug-likeness (QED) is 0.135. The first-order valence-corrected chi connectivity index (χ1v) is 18.6. The second-order valence-corrected chi connectivity index (χ2v) is 16.1. The summed E-state index contributed by atoms with van der Waals surface area (Å²) in [5.41, 5.74) is -0.471. The van der Waals surface area contributed by atoms with Crippen LogP contribution in [0.5, 0.6) is 0 Å². The van der Waals surface area contributed by atoms with Crippen LogP contribution in [0.2, 0.25) is 0 Å². The number of aromatic nitrogens is 8. The molecule has 1 aliphatic heterocycles. The molecule has 4 aromatic heterocycles. The van der Waals surface area contributed by atoms with E-state index < -0.39 is 68.5 Å². The number of aliphatic hydroxyl groups is 1. The lowest BCUT2D eigenvalue weighted by molar-refractivity contribution is -0.0422. The van der Waals surface area contributed by atoms with Crippen LogP contribution in [0.4, 0.5) is 4.39 Å².